The smallest absolute Gasteiger partial charge is 0.337 e. The van der Waals surface area contributed by atoms with Gasteiger partial charge in [-0.1, -0.05) is 42.5 Å². The second-order valence-corrected chi connectivity index (χ2v) is 5.48. The first-order chi connectivity index (χ1) is 11.2. The van der Waals surface area contributed by atoms with Gasteiger partial charge >= 0.3 is 5.97 Å². The van der Waals surface area contributed by atoms with Crippen molar-refractivity contribution in [3.05, 3.63) is 71.3 Å². The van der Waals surface area contributed by atoms with Crippen LogP contribution in [-0.2, 0) is 11.4 Å². The third-order valence-corrected chi connectivity index (χ3v) is 4.04. The number of benzene rings is 3. The number of alkyl halides is 1. The molecule has 0 unspecified atom stereocenters. The van der Waals surface area contributed by atoms with Crippen LogP contribution in [0.15, 0.2) is 54.6 Å². The normalized spacial score (nSPS) is 10.7. The molecule has 0 spiro atoms. The van der Waals surface area contributed by atoms with Crippen LogP contribution in [0.4, 0.5) is 4.39 Å². The molecule has 2 nitrogen and oxygen atoms in total. The monoisotopic (exact) mass is 308 g/mol. The highest BCUT2D eigenvalue weighted by atomic mass is 19.1. The van der Waals surface area contributed by atoms with Gasteiger partial charge < -0.3 is 4.74 Å². The summed E-state index contributed by atoms with van der Waals surface area (Å²) in [5.74, 6) is -0.452. The zero-order valence-electron chi connectivity index (χ0n) is 13.1. The molecule has 23 heavy (non-hydrogen) atoms. The van der Waals surface area contributed by atoms with Gasteiger partial charge in [-0.3, -0.25) is 0 Å². The molecule has 0 aliphatic carbocycles. The summed E-state index contributed by atoms with van der Waals surface area (Å²) in [6, 6.07) is 17.3. The Labute approximate surface area is 134 Å². The third kappa shape index (κ3) is 2.70. The zero-order chi connectivity index (χ0) is 16.4. The van der Waals surface area contributed by atoms with Gasteiger partial charge in [0.2, 0.25) is 0 Å². The molecule has 3 aromatic rings. The largest absolute Gasteiger partial charge is 0.465 e. The Hall–Kier alpha value is -2.68. The predicted octanol–water partition coefficient (Wildman–Crippen LogP) is 5.07. The molecule has 0 radical (unpaired) electrons. The van der Waals surface area contributed by atoms with Gasteiger partial charge in [-0.2, -0.15) is 0 Å². The minimum absolute atomic E-state index is 0.377. The van der Waals surface area contributed by atoms with E-state index in [-0.39, 0.29) is 0 Å². The van der Waals surface area contributed by atoms with E-state index in [1.807, 2.05) is 49.4 Å². The maximum absolute atomic E-state index is 13.6. The van der Waals surface area contributed by atoms with E-state index in [1.165, 1.54) is 7.11 Å². The van der Waals surface area contributed by atoms with E-state index >= 15 is 0 Å². The summed E-state index contributed by atoms with van der Waals surface area (Å²) in [5, 5.41) is 2.17. The fourth-order valence-corrected chi connectivity index (χ4v) is 3.03. The van der Waals surface area contributed by atoms with Gasteiger partial charge in [-0.05, 0) is 52.1 Å². The molecule has 0 aromatic heterocycles. The summed E-state index contributed by atoms with van der Waals surface area (Å²) in [5.41, 5.74) is 3.56. The summed E-state index contributed by atoms with van der Waals surface area (Å²) in [6.45, 7) is 1.26. The van der Waals surface area contributed by atoms with E-state index in [9.17, 15) is 9.18 Å². The van der Waals surface area contributed by atoms with Crippen LogP contribution >= 0.6 is 0 Å². The topological polar surface area (TPSA) is 26.3 Å². The van der Waals surface area contributed by atoms with E-state index in [0.29, 0.717) is 11.1 Å². The van der Waals surface area contributed by atoms with Crippen LogP contribution in [0.3, 0.4) is 0 Å². The molecule has 0 heterocycles. The van der Waals surface area contributed by atoms with Crippen molar-refractivity contribution in [3.8, 4) is 11.1 Å². The lowest BCUT2D eigenvalue weighted by Crippen LogP contribution is -2.04. The number of aryl methyl sites for hydroxylation is 1. The summed E-state index contributed by atoms with van der Waals surface area (Å²) in [6.07, 6.45) is 0. The number of hydrogen-bond donors (Lipinski definition) is 0. The van der Waals surface area contributed by atoms with Gasteiger partial charge in [0.25, 0.3) is 0 Å². The van der Waals surface area contributed by atoms with Crippen molar-refractivity contribution in [2.24, 2.45) is 0 Å². The minimum Gasteiger partial charge on any atom is -0.465 e. The van der Waals surface area contributed by atoms with E-state index < -0.39 is 12.6 Å². The fourth-order valence-electron chi connectivity index (χ4n) is 3.03. The van der Waals surface area contributed by atoms with Crippen LogP contribution in [-0.4, -0.2) is 13.1 Å². The number of methoxy groups -OCH3 is 1. The lowest BCUT2D eigenvalue weighted by molar-refractivity contribution is 0.0600. The van der Waals surface area contributed by atoms with Crippen LogP contribution in [0, 0.1) is 6.92 Å². The number of carbonyl (C=O) groups excluding carboxylic acids is 1. The highest BCUT2D eigenvalue weighted by molar-refractivity contribution is 5.99. The second-order valence-electron chi connectivity index (χ2n) is 5.48. The van der Waals surface area contributed by atoms with Gasteiger partial charge in [0.15, 0.2) is 0 Å². The van der Waals surface area contributed by atoms with Crippen LogP contribution in [0.25, 0.3) is 21.9 Å². The Morgan fingerprint density at radius 1 is 1.09 bits per heavy atom. The summed E-state index contributed by atoms with van der Waals surface area (Å²) >= 11 is 0. The zero-order valence-corrected chi connectivity index (χ0v) is 13.1. The fraction of sp³-hybridized carbons (Fsp3) is 0.150. The van der Waals surface area contributed by atoms with Crippen molar-refractivity contribution in [2.75, 3.05) is 7.11 Å². The van der Waals surface area contributed by atoms with Gasteiger partial charge in [0.05, 0.1) is 12.7 Å². The van der Waals surface area contributed by atoms with Crippen molar-refractivity contribution < 1.29 is 13.9 Å². The third-order valence-electron chi connectivity index (χ3n) is 4.04. The Morgan fingerprint density at radius 2 is 1.83 bits per heavy atom. The quantitative estimate of drug-likeness (QED) is 0.631. The number of rotatable bonds is 3. The van der Waals surface area contributed by atoms with E-state index in [4.69, 9.17) is 4.74 Å². The number of halogens is 1. The first-order valence-corrected chi connectivity index (χ1v) is 7.41. The van der Waals surface area contributed by atoms with Crippen LogP contribution in [0.5, 0.6) is 0 Å². The van der Waals surface area contributed by atoms with Crippen LogP contribution < -0.4 is 0 Å². The molecule has 0 saturated heterocycles. The molecule has 0 fully saturated rings. The van der Waals surface area contributed by atoms with E-state index in [0.717, 1.165) is 27.5 Å². The summed E-state index contributed by atoms with van der Waals surface area (Å²) in [7, 11) is 1.32. The molecular formula is C20H17FO2. The van der Waals surface area contributed by atoms with Crippen molar-refractivity contribution in [3.63, 3.8) is 0 Å². The van der Waals surface area contributed by atoms with E-state index in [2.05, 4.69) is 0 Å². The number of esters is 1. The molecular weight excluding hydrogens is 291 g/mol. The van der Waals surface area contributed by atoms with Gasteiger partial charge in [-0.15, -0.1) is 0 Å². The molecule has 3 heteroatoms. The highest BCUT2D eigenvalue weighted by Crippen LogP contribution is 2.34. The molecule has 116 valence electrons. The lowest BCUT2D eigenvalue weighted by Gasteiger charge is -2.15. The molecule has 0 aliphatic heterocycles. The van der Waals surface area contributed by atoms with Crippen LogP contribution in [0.1, 0.15) is 21.5 Å². The maximum Gasteiger partial charge on any atom is 0.337 e. The van der Waals surface area contributed by atoms with Gasteiger partial charge in [0.1, 0.15) is 6.67 Å². The van der Waals surface area contributed by atoms with Gasteiger partial charge in [0, 0.05) is 0 Å². The molecule has 0 aliphatic rings. The molecule has 0 N–H and O–H groups in total. The summed E-state index contributed by atoms with van der Waals surface area (Å²) < 4.78 is 18.4. The Kier molecular flexibility index (Phi) is 4.11. The van der Waals surface area contributed by atoms with E-state index in [1.54, 1.807) is 12.1 Å². The molecule has 0 atom stereocenters. The van der Waals surface area contributed by atoms with Crippen molar-refractivity contribution >= 4 is 16.7 Å². The molecule has 3 aromatic carbocycles. The number of hydrogen-bond acceptors (Lipinski definition) is 2. The lowest BCUT2D eigenvalue weighted by atomic mass is 9.90. The van der Waals surface area contributed by atoms with Gasteiger partial charge in [-0.25, -0.2) is 9.18 Å². The Bertz CT molecular complexity index is 879. The minimum atomic E-state index is -0.635. The molecule has 0 amide bonds. The summed E-state index contributed by atoms with van der Waals surface area (Å²) in [4.78, 5) is 11.7. The predicted molar refractivity (Wildman–Crippen MR) is 90.3 cm³/mol. The number of fused-ring (bicyclic) bond motifs is 1. The first-order valence-electron chi connectivity index (χ1n) is 7.41. The number of carbonyl (C=O) groups is 1. The Balaban J connectivity index is 2.28. The SMILES string of the molecule is COC(=O)c1cc(C)c(-c2cccc3ccccc23)c(CF)c1. The second kappa shape index (κ2) is 6.21. The molecule has 0 bridgehead atoms. The highest BCUT2D eigenvalue weighted by Gasteiger charge is 2.16. The number of ether oxygens (including phenoxy) is 1. The van der Waals surface area contributed by atoms with Crippen molar-refractivity contribution in [1.82, 2.24) is 0 Å². The first kappa shape index (κ1) is 15.2. The Morgan fingerprint density at radius 3 is 2.57 bits per heavy atom. The standard InChI is InChI=1S/C20H17FO2/c1-13-10-15(20(22)23-2)11-16(12-21)19(13)18-9-5-7-14-6-3-4-8-17(14)18/h3-11H,12H2,1-2H3. The molecule has 0 saturated carbocycles. The van der Waals surface area contributed by atoms with Crippen molar-refractivity contribution in [2.45, 2.75) is 13.6 Å². The van der Waals surface area contributed by atoms with Crippen LogP contribution in [0.2, 0.25) is 0 Å². The average molecular weight is 308 g/mol. The average Bonchev–Trinajstić information content (AvgIpc) is 2.60. The maximum atomic E-state index is 13.6. The molecule has 3 rings (SSSR count). The van der Waals surface area contributed by atoms with Crippen molar-refractivity contribution in [1.29, 1.82) is 0 Å².